The molecule has 1 aliphatic heterocycles. The summed E-state index contributed by atoms with van der Waals surface area (Å²) in [5.74, 6) is 1.12. The van der Waals surface area contributed by atoms with Crippen molar-refractivity contribution in [3.05, 3.63) is 29.8 Å². The van der Waals surface area contributed by atoms with E-state index in [2.05, 4.69) is 36.5 Å². The molecule has 0 radical (unpaired) electrons. The highest BCUT2D eigenvalue weighted by atomic mass is 16.2. The lowest BCUT2D eigenvalue weighted by Crippen LogP contribution is -2.33. The number of benzene rings is 1. The van der Waals surface area contributed by atoms with Gasteiger partial charge in [0.15, 0.2) is 0 Å². The van der Waals surface area contributed by atoms with E-state index in [1.165, 1.54) is 31.2 Å². The predicted octanol–water partition coefficient (Wildman–Crippen LogP) is 3.48. The number of carbonyl (C=O) groups excluding carboxylic acids is 1. The minimum absolute atomic E-state index is 0.261. The van der Waals surface area contributed by atoms with Gasteiger partial charge in [0, 0.05) is 31.2 Å². The standard InChI is InChI=1S/C18H26N2O/c1-14-4-2-5-16(12-14)19-13-15-7-9-17(10-8-15)20-11-3-6-18(20)21/h7-10,14,16,19H,2-6,11-13H2,1H3. The van der Waals surface area contributed by atoms with Crippen LogP contribution in [0.25, 0.3) is 0 Å². The average molecular weight is 286 g/mol. The van der Waals surface area contributed by atoms with Crippen LogP contribution < -0.4 is 10.2 Å². The van der Waals surface area contributed by atoms with Crippen LogP contribution in [0.5, 0.6) is 0 Å². The monoisotopic (exact) mass is 286 g/mol. The summed E-state index contributed by atoms with van der Waals surface area (Å²) in [5.41, 5.74) is 2.36. The molecule has 0 spiro atoms. The first-order chi connectivity index (χ1) is 10.2. The van der Waals surface area contributed by atoms with Gasteiger partial charge in [-0.25, -0.2) is 0 Å². The Kier molecular flexibility index (Phi) is 4.59. The van der Waals surface area contributed by atoms with E-state index in [4.69, 9.17) is 0 Å². The number of nitrogens with one attached hydrogen (secondary N) is 1. The molecule has 1 saturated carbocycles. The molecule has 2 unspecified atom stereocenters. The molecule has 114 valence electrons. The van der Waals surface area contributed by atoms with Crippen molar-refractivity contribution in [2.75, 3.05) is 11.4 Å². The smallest absolute Gasteiger partial charge is 0.227 e. The fourth-order valence-corrected chi connectivity index (χ4v) is 3.60. The summed E-state index contributed by atoms with van der Waals surface area (Å²) in [6, 6.07) is 9.15. The fraction of sp³-hybridized carbons (Fsp3) is 0.611. The zero-order chi connectivity index (χ0) is 14.7. The van der Waals surface area contributed by atoms with E-state index in [0.717, 1.165) is 31.1 Å². The Morgan fingerprint density at radius 1 is 1.19 bits per heavy atom. The Bertz CT molecular complexity index is 482. The number of anilines is 1. The Balaban J connectivity index is 1.53. The van der Waals surface area contributed by atoms with Crippen LogP contribution in [-0.2, 0) is 11.3 Å². The van der Waals surface area contributed by atoms with Crippen molar-refractivity contribution in [1.82, 2.24) is 5.32 Å². The van der Waals surface area contributed by atoms with Crippen molar-refractivity contribution in [3.63, 3.8) is 0 Å². The number of hydrogen-bond donors (Lipinski definition) is 1. The first-order valence-corrected chi connectivity index (χ1v) is 8.35. The van der Waals surface area contributed by atoms with Gasteiger partial charge in [0.05, 0.1) is 0 Å². The molecule has 2 fully saturated rings. The van der Waals surface area contributed by atoms with Gasteiger partial charge in [-0.2, -0.15) is 0 Å². The van der Waals surface area contributed by atoms with Gasteiger partial charge in [-0.1, -0.05) is 31.9 Å². The zero-order valence-corrected chi connectivity index (χ0v) is 13.0. The van der Waals surface area contributed by atoms with Crippen LogP contribution in [0.3, 0.4) is 0 Å². The third-order valence-electron chi connectivity index (χ3n) is 4.85. The van der Waals surface area contributed by atoms with Crippen LogP contribution in [0.1, 0.15) is 51.0 Å². The van der Waals surface area contributed by atoms with Crippen molar-refractivity contribution in [2.45, 2.75) is 58.0 Å². The Morgan fingerprint density at radius 3 is 2.67 bits per heavy atom. The topological polar surface area (TPSA) is 32.3 Å². The highest BCUT2D eigenvalue weighted by Crippen LogP contribution is 2.24. The highest BCUT2D eigenvalue weighted by Gasteiger charge is 2.21. The molecule has 3 nitrogen and oxygen atoms in total. The molecule has 3 heteroatoms. The molecule has 1 N–H and O–H groups in total. The second kappa shape index (κ2) is 6.61. The third kappa shape index (κ3) is 3.65. The SMILES string of the molecule is CC1CCCC(NCc2ccc(N3CCCC3=O)cc2)C1. The van der Waals surface area contributed by atoms with Gasteiger partial charge in [-0.15, -0.1) is 0 Å². The van der Waals surface area contributed by atoms with Gasteiger partial charge >= 0.3 is 0 Å². The predicted molar refractivity (Wildman–Crippen MR) is 86.3 cm³/mol. The van der Waals surface area contributed by atoms with Crippen LogP contribution in [-0.4, -0.2) is 18.5 Å². The minimum atomic E-state index is 0.261. The van der Waals surface area contributed by atoms with Crippen LogP contribution in [0, 0.1) is 5.92 Å². The van der Waals surface area contributed by atoms with E-state index in [9.17, 15) is 4.79 Å². The molecule has 2 atom stereocenters. The number of nitrogens with zero attached hydrogens (tertiary/aromatic N) is 1. The minimum Gasteiger partial charge on any atom is -0.312 e. The molecule has 1 saturated heterocycles. The Morgan fingerprint density at radius 2 is 2.00 bits per heavy atom. The molecule has 21 heavy (non-hydrogen) atoms. The van der Waals surface area contributed by atoms with Crippen molar-refractivity contribution in [2.24, 2.45) is 5.92 Å². The van der Waals surface area contributed by atoms with Crippen LogP contribution in [0.2, 0.25) is 0 Å². The second-order valence-electron chi connectivity index (χ2n) is 6.66. The molecular formula is C18H26N2O. The van der Waals surface area contributed by atoms with Gasteiger partial charge in [0.2, 0.25) is 5.91 Å². The molecule has 2 aliphatic rings. The van der Waals surface area contributed by atoms with Crippen LogP contribution in [0.15, 0.2) is 24.3 Å². The average Bonchev–Trinajstić information content (AvgIpc) is 2.92. The van der Waals surface area contributed by atoms with Crippen molar-refractivity contribution in [1.29, 1.82) is 0 Å². The Labute approximate surface area is 127 Å². The summed E-state index contributed by atoms with van der Waals surface area (Å²) in [4.78, 5) is 13.6. The quantitative estimate of drug-likeness (QED) is 0.919. The van der Waals surface area contributed by atoms with Crippen molar-refractivity contribution >= 4 is 11.6 Å². The molecular weight excluding hydrogens is 260 g/mol. The first kappa shape index (κ1) is 14.6. The van der Waals surface area contributed by atoms with E-state index in [-0.39, 0.29) is 5.91 Å². The largest absolute Gasteiger partial charge is 0.312 e. The summed E-state index contributed by atoms with van der Waals surface area (Å²) in [7, 11) is 0. The lowest BCUT2D eigenvalue weighted by atomic mass is 9.87. The molecule has 1 aromatic carbocycles. The van der Waals surface area contributed by atoms with E-state index < -0.39 is 0 Å². The Hall–Kier alpha value is -1.35. The van der Waals surface area contributed by atoms with Gasteiger partial charge in [0.25, 0.3) is 0 Å². The summed E-state index contributed by atoms with van der Waals surface area (Å²) in [6.07, 6.45) is 7.04. The molecule has 0 aromatic heterocycles. The lowest BCUT2D eigenvalue weighted by molar-refractivity contribution is -0.117. The van der Waals surface area contributed by atoms with E-state index in [1.54, 1.807) is 0 Å². The highest BCUT2D eigenvalue weighted by molar-refractivity contribution is 5.95. The van der Waals surface area contributed by atoms with Gasteiger partial charge in [-0.05, 0) is 42.9 Å². The number of hydrogen-bond acceptors (Lipinski definition) is 2. The number of amides is 1. The van der Waals surface area contributed by atoms with Crippen molar-refractivity contribution in [3.8, 4) is 0 Å². The summed E-state index contributed by atoms with van der Waals surface area (Å²) in [5, 5.41) is 3.69. The van der Waals surface area contributed by atoms with E-state index in [0.29, 0.717) is 12.5 Å². The van der Waals surface area contributed by atoms with Gasteiger partial charge in [0.1, 0.15) is 0 Å². The number of rotatable bonds is 4. The van der Waals surface area contributed by atoms with E-state index in [1.807, 2.05) is 4.90 Å². The zero-order valence-electron chi connectivity index (χ0n) is 13.0. The third-order valence-corrected chi connectivity index (χ3v) is 4.85. The van der Waals surface area contributed by atoms with Crippen molar-refractivity contribution < 1.29 is 4.79 Å². The maximum absolute atomic E-state index is 11.7. The lowest BCUT2D eigenvalue weighted by Gasteiger charge is -2.27. The molecule has 1 heterocycles. The summed E-state index contributed by atoms with van der Waals surface area (Å²) < 4.78 is 0. The molecule has 1 aromatic rings. The molecule has 0 bridgehead atoms. The number of carbonyl (C=O) groups is 1. The van der Waals surface area contributed by atoms with Crippen LogP contribution >= 0.6 is 0 Å². The second-order valence-corrected chi connectivity index (χ2v) is 6.66. The normalized spacial score (nSPS) is 26.3. The maximum Gasteiger partial charge on any atom is 0.227 e. The molecule has 1 aliphatic carbocycles. The summed E-state index contributed by atoms with van der Waals surface area (Å²) >= 11 is 0. The van der Waals surface area contributed by atoms with E-state index >= 15 is 0 Å². The summed E-state index contributed by atoms with van der Waals surface area (Å²) in [6.45, 7) is 4.16. The van der Waals surface area contributed by atoms with Gasteiger partial charge < -0.3 is 10.2 Å². The molecule has 3 rings (SSSR count). The fourth-order valence-electron chi connectivity index (χ4n) is 3.60. The molecule has 1 amide bonds. The van der Waals surface area contributed by atoms with Gasteiger partial charge in [-0.3, -0.25) is 4.79 Å². The maximum atomic E-state index is 11.7. The van der Waals surface area contributed by atoms with Crippen LogP contribution in [0.4, 0.5) is 5.69 Å². The first-order valence-electron chi connectivity index (χ1n) is 8.35.